The van der Waals surface area contributed by atoms with Gasteiger partial charge in [0.1, 0.15) is 0 Å². The van der Waals surface area contributed by atoms with Gasteiger partial charge < -0.3 is 4.90 Å². The minimum atomic E-state index is -5.26. The van der Waals surface area contributed by atoms with E-state index in [0.717, 1.165) is 44.5 Å². The Hall–Kier alpha value is -1.24. The van der Waals surface area contributed by atoms with Gasteiger partial charge in [-0.05, 0) is 37.5 Å². The van der Waals surface area contributed by atoms with Crippen LogP contribution in [0.1, 0.15) is 19.3 Å². The van der Waals surface area contributed by atoms with Gasteiger partial charge in [0.05, 0.1) is 4.90 Å². The van der Waals surface area contributed by atoms with Gasteiger partial charge in [-0.25, -0.2) is 8.42 Å². The van der Waals surface area contributed by atoms with E-state index in [0.29, 0.717) is 5.69 Å². The van der Waals surface area contributed by atoms with E-state index in [9.17, 15) is 21.6 Å². The average molecular weight is 293 g/mol. The fourth-order valence-electron chi connectivity index (χ4n) is 2.13. The largest absolute Gasteiger partial charge is 0.501 e. The molecular weight excluding hydrogens is 279 g/mol. The summed E-state index contributed by atoms with van der Waals surface area (Å²) in [5.74, 6) is 0. The van der Waals surface area contributed by atoms with E-state index in [2.05, 4.69) is 0 Å². The molecular formula is C12H14F3NO2S. The van der Waals surface area contributed by atoms with Gasteiger partial charge in [0, 0.05) is 18.8 Å². The van der Waals surface area contributed by atoms with E-state index >= 15 is 0 Å². The molecule has 1 aromatic carbocycles. The summed E-state index contributed by atoms with van der Waals surface area (Å²) in [6.45, 7) is 1.49. The first-order valence-electron chi connectivity index (χ1n) is 5.99. The number of anilines is 1. The zero-order valence-corrected chi connectivity index (χ0v) is 11.0. The fourth-order valence-corrected chi connectivity index (χ4v) is 2.93. The molecule has 1 aliphatic heterocycles. The second-order valence-corrected chi connectivity index (χ2v) is 6.44. The third kappa shape index (κ3) is 2.86. The molecule has 0 bridgehead atoms. The van der Waals surface area contributed by atoms with Crippen molar-refractivity contribution in [1.82, 2.24) is 0 Å². The molecule has 0 saturated carbocycles. The van der Waals surface area contributed by atoms with Crippen LogP contribution in [0.3, 0.4) is 0 Å². The van der Waals surface area contributed by atoms with Crippen molar-refractivity contribution in [2.24, 2.45) is 0 Å². The van der Waals surface area contributed by atoms with Gasteiger partial charge in [-0.1, -0.05) is 6.07 Å². The first-order valence-corrected chi connectivity index (χ1v) is 7.47. The van der Waals surface area contributed by atoms with E-state index in [1.54, 1.807) is 6.07 Å². The smallest absolute Gasteiger partial charge is 0.372 e. The van der Waals surface area contributed by atoms with E-state index in [1.807, 2.05) is 4.90 Å². The molecule has 1 aromatic rings. The number of hydrogen-bond donors (Lipinski definition) is 0. The predicted molar refractivity (Wildman–Crippen MR) is 65.7 cm³/mol. The second kappa shape index (κ2) is 5.03. The fraction of sp³-hybridized carbons (Fsp3) is 0.500. The van der Waals surface area contributed by atoms with Crippen LogP contribution < -0.4 is 4.90 Å². The third-order valence-electron chi connectivity index (χ3n) is 3.15. The highest BCUT2D eigenvalue weighted by atomic mass is 32.2. The van der Waals surface area contributed by atoms with Gasteiger partial charge in [0.25, 0.3) is 9.84 Å². The van der Waals surface area contributed by atoms with Crippen molar-refractivity contribution in [2.75, 3.05) is 18.0 Å². The van der Waals surface area contributed by atoms with Crippen LogP contribution in [0.4, 0.5) is 18.9 Å². The maximum Gasteiger partial charge on any atom is 0.501 e. The summed E-state index contributed by atoms with van der Waals surface area (Å²) in [6, 6.07) is 5.08. The Bertz CT molecular complexity index is 548. The number of piperidine rings is 1. The van der Waals surface area contributed by atoms with Crippen LogP contribution >= 0.6 is 0 Å². The lowest BCUT2D eigenvalue weighted by Gasteiger charge is -2.29. The average Bonchev–Trinajstić information content (AvgIpc) is 2.39. The molecule has 0 aromatic heterocycles. The molecule has 0 atom stereocenters. The molecule has 0 unspecified atom stereocenters. The number of nitrogens with zero attached hydrogens (tertiary/aromatic N) is 1. The molecule has 1 heterocycles. The Labute approximate surface area is 109 Å². The summed E-state index contributed by atoms with van der Waals surface area (Å²) < 4.78 is 60.2. The highest BCUT2D eigenvalue weighted by Crippen LogP contribution is 2.32. The minimum Gasteiger partial charge on any atom is -0.372 e. The lowest BCUT2D eigenvalue weighted by atomic mass is 10.1. The topological polar surface area (TPSA) is 37.4 Å². The van der Waals surface area contributed by atoms with Crippen molar-refractivity contribution in [1.29, 1.82) is 0 Å². The molecule has 0 N–H and O–H groups in total. The molecule has 2 rings (SSSR count). The maximum atomic E-state index is 12.5. The summed E-state index contributed by atoms with van der Waals surface area (Å²) >= 11 is 0. The monoisotopic (exact) mass is 293 g/mol. The Morgan fingerprint density at radius 1 is 1.05 bits per heavy atom. The van der Waals surface area contributed by atoms with Gasteiger partial charge in [-0.3, -0.25) is 0 Å². The highest BCUT2D eigenvalue weighted by Gasteiger charge is 2.46. The van der Waals surface area contributed by atoms with Crippen molar-refractivity contribution in [3.63, 3.8) is 0 Å². The van der Waals surface area contributed by atoms with Crippen LogP contribution in [0, 0.1) is 0 Å². The summed E-state index contributed by atoms with van der Waals surface area (Å²) in [6.07, 6.45) is 3.03. The van der Waals surface area contributed by atoms with Gasteiger partial charge in [0.2, 0.25) is 0 Å². The summed E-state index contributed by atoms with van der Waals surface area (Å²) in [5, 5.41) is 0. The standard InChI is InChI=1S/C12H14F3NO2S/c13-12(14,15)19(17,18)11-6-4-5-10(9-11)16-7-2-1-3-8-16/h4-6,9H,1-3,7-8H2. The van der Waals surface area contributed by atoms with E-state index in [4.69, 9.17) is 0 Å². The number of sulfone groups is 1. The van der Waals surface area contributed by atoms with Gasteiger partial charge in [0.15, 0.2) is 0 Å². The molecule has 1 saturated heterocycles. The quantitative estimate of drug-likeness (QED) is 0.841. The van der Waals surface area contributed by atoms with Crippen molar-refractivity contribution in [3.8, 4) is 0 Å². The molecule has 0 spiro atoms. The van der Waals surface area contributed by atoms with Crippen molar-refractivity contribution in [2.45, 2.75) is 29.7 Å². The first-order chi connectivity index (χ1) is 8.82. The number of hydrogen-bond acceptors (Lipinski definition) is 3. The van der Waals surface area contributed by atoms with Crippen LogP contribution in [0.5, 0.6) is 0 Å². The Balaban J connectivity index is 2.34. The Morgan fingerprint density at radius 2 is 1.68 bits per heavy atom. The molecule has 7 heteroatoms. The van der Waals surface area contributed by atoms with Crippen molar-refractivity contribution < 1.29 is 21.6 Å². The van der Waals surface area contributed by atoms with Crippen LogP contribution in [-0.2, 0) is 9.84 Å². The Kier molecular flexibility index (Phi) is 3.75. The van der Waals surface area contributed by atoms with Crippen LogP contribution in [-0.4, -0.2) is 27.0 Å². The van der Waals surface area contributed by atoms with Crippen LogP contribution in [0.15, 0.2) is 29.2 Å². The van der Waals surface area contributed by atoms with Gasteiger partial charge >= 0.3 is 5.51 Å². The van der Waals surface area contributed by atoms with Crippen molar-refractivity contribution >= 4 is 15.5 Å². The van der Waals surface area contributed by atoms with Gasteiger partial charge in [-0.15, -0.1) is 0 Å². The molecule has 0 aliphatic carbocycles. The zero-order valence-electron chi connectivity index (χ0n) is 10.2. The number of benzene rings is 1. The third-order valence-corrected chi connectivity index (χ3v) is 4.64. The van der Waals surface area contributed by atoms with E-state index in [-0.39, 0.29) is 0 Å². The molecule has 106 valence electrons. The summed E-state index contributed by atoms with van der Waals surface area (Å²) in [5.41, 5.74) is -4.72. The first kappa shape index (κ1) is 14.2. The molecule has 3 nitrogen and oxygen atoms in total. The SMILES string of the molecule is O=S(=O)(c1cccc(N2CCCCC2)c1)C(F)(F)F. The normalized spacial score (nSPS) is 17.5. The van der Waals surface area contributed by atoms with Crippen molar-refractivity contribution in [3.05, 3.63) is 24.3 Å². The predicted octanol–water partition coefficient (Wildman–Crippen LogP) is 2.97. The second-order valence-electron chi connectivity index (χ2n) is 4.49. The maximum absolute atomic E-state index is 12.5. The summed E-state index contributed by atoms with van der Waals surface area (Å²) in [4.78, 5) is 1.22. The Morgan fingerprint density at radius 3 is 2.26 bits per heavy atom. The molecule has 1 aliphatic rings. The molecule has 1 fully saturated rings. The van der Waals surface area contributed by atoms with Crippen LogP contribution in [0.2, 0.25) is 0 Å². The molecule has 19 heavy (non-hydrogen) atoms. The zero-order chi connectivity index (χ0) is 14.1. The number of halogens is 3. The lowest BCUT2D eigenvalue weighted by Crippen LogP contribution is -2.30. The number of alkyl halides is 3. The summed E-state index contributed by atoms with van der Waals surface area (Å²) in [7, 11) is -5.26. The van der Waals surface area contributed by atoms with E-state index in [1.165, 1.54) is 6.07 Å². The van der Waals surface area contributed by atoms with Crippen LogP contribution in [0.25, 0.3) is 0 Å². The molecule has 0 radical (unpaired) electrons. The molecule has 0 amide bonds. The van der Waals surface area contributed by atoms with E-state index < -0.39 is 20.2 Å². The van der Waals surface area contributed by atoms with Gasteiger partial charge in [-0.2, -0.15) is 13.2 Å². The highest BCUT2D eigenvalue weighted by molar-refractivity contribution is 7.92. The lowest BCUT2D eigenvalue weighted by molar-refractivity contribution is -0.0435. The minimum absolute atomic E-state index is 0.532. The number of rotatable bonds is 2.